The lowest BCUT2D eigenvalue weighted by Gasteiger charge is -2.26. The summed E-state index contributed by atoms with van der Waals surface area (Å²) in [5, 5.41) is 3.57. The maximum atomic E-state index is 13.0. The summed E-state index contributed by atoms with van der Waals surface area (Å²) in [7, 11) is 0. The minimum Gasteiger partial charge on any atom is -0.476 e. The van der Waals surface area contributed by atoms with Crippen molar-refractivity contribution in [2.24, 2.45) is 0 Å². The molecule has 0 unspecified atom stereocenters. The molecular weight excluding hydrogens is 487 g/mol. The Morgan fingerprint density at radius 1 is 1.11 bits per heavy atom. The van der Waals surface area contributed by atoms with Crippen molar-refractivity contribution < 1.29 is 27.4 Å². The molecule has 2 aromatic carbocycles. The molecule has 7 nitrogen and oxygen atoms in total. The van der Waals surface area contributed by atoms with E-state index in [2.05, 4.69) is 5.10 Å². The average molecular weight is 512 g/mol. The zero-order valence-corrected chi connectivity index (χ0v) is 20.6. The van der Waals surface area contributed by atoms with Crippen LogP contribution in [0.15, 0.2) is 41.5 Å². The van der Waals surface area contributed by atoms with E-state index < -0.39 is 34.0 Å². The van der Waals surface area contributed by atoms with Crippen LogP contribution in [0.1, 0.15) is 43.0 Å². The molecule has 0 atom stereocenters. The number of rotatable bonds is 7. The number of aryl methyl sites for hydroxylation is 2. The van der Waals surface area contributed by atoms with Crippen LogP contribution in [-0.2, 0) is 22.3 Å². The van der Waals surface area contributed by atoms with E-state index >= 15 is 0 Å². The zero-order chi connectivity index (χ0) is 26.1. The van der Waals surface area contributed by atoms with Crippen LogP contribution in [-0.4, -0.2) is 32.5 Å². The molecule has 0 aliphatic rings. The summed E-state index contributed by atoms with van der Waals surface area (Å²) >= 11 is 5.78. The number of nitrogens with zero attached hydrogens (tertiary/aromatic N) is 3. The highest BCUT2D eigenvalue weighted by Gasteiger charge is 2.34. The van der Waals surface area contributed by atoms with Crippen LogP contribution < -0.4 is 10.4 Å². The zero-order valence-electron chi connectivity index (χ0n) is 19.9. The summed E-state index contributed by atoms with van der Waals surface area (Å²) in [6.07, 6.45) is -3.37. The fraction of sp³-hybridized carbons (Fsp3) is 0.375. The molecule has 0 aliphatic heterocycles. The second kappa shape index (κ2) is 9.77. The van der Waals surface area contributed by atoms with Crippen molar-refractivity contribution in [3.8, 4) is 11.4 Å². The number of alkyl halides is 3. The molecule has 1 heterocycles. The number of benzene rings is 2. The van der Waals surface area contributed by atoms with Crippen LogP contribution in [0, 0.1) is 13.8 Å². The fourth-order valence-electron chi connectivity index (χ4n) is 3.57. The van der Waals surface area contributed by atoms with E-state index in [9.17, 15) is 22.8 Å². The Hall–Kier alpha value is -3.27. The second-order valence-electron chi connectivity index (χ2n) is 8.49. The van der Waals surface area contributed by atoms with Crippen LogP contribution in [0.5, 0.6) is 5.75 Å². The van der Waals surface area contributed by atoms with Gasteiger partial charge in [0.15, 0.2) is 5.60 Å². The molecule has 0 N–H and O–H groups in total. The van der Waals surface area contributed by atoms with Crippen LogP contribution in [0.4, 0.5) is 13.2 Å². The lowest BCUT2D eigenvalue weighted by atomic mass is 10.0. The van der Waals surface area contributed by atoms with Gasteiger partial charge in [0.05, 0.1) is 29.4 Å². The first-order chi connectivity index (χ1) is 16.2. The second-order valence-corrected chi connectivity index (χ2v) is 8.90. The molecule has 3 aromatic rings. The number of aromatic nitrogens is 3. The van der Waals surface area contributed by atoms with Crippen molar-refractivity contribution in [1.82, 2.24) is 14.3 Å². The van der Waals surface area contributed by atoms with Crippen molar-refractivity contribution in [2.45, 2.75) is 52.9 Å². The molecule has 0 saturated carbocycles. The molecule has 3 rings (SSSR count). The van der Waals surface area contributed by atoms with Crippen molar-refractivity contribution in [3.63, 3.8) is 0 Å². The Bertz CT molecular complexity index is 1290. The van der Waals surface area contributed by atoms with Crippen molar-refractivity contribution >= 4 is 17.6 Å². The van der Waals surface area contributed by atoms with Gasteiger partial charge >= 0.3 is 17.8 Å². The summed E-state index contributed by atoms with van der Waals surface area (Å²) in [6, 6.07) is 6.68. The number of halogens is 4. The predicted octanol–water partition coefficient (Wildman–Crippen LogP) is 5.09. The highest BCUT2D eigenvalue weighted by Crippen LogP contribution is 2.35. The number of ether oxygens (including phenoxy) is 2. The van der Waals surface area contributed by atoms with E-state index in [1.807, 2.05) is 26.0 Å². The summed E-state index contributed by atoms with van der Waals surface area (Å²) < 4.78 is 52.2. The van der Waals surface area contributed by atoms with Crippen LogP contribution in [0.2, 0.25) is 5.02 Å². The third-order valence-corrected chi connectivity index (χ3v) is 5.56. The summed E-state index contributed by atoms with van der Waals surface area (Å²) in [4.78, 5) is 25.0. The van der Waals surface area contributed by atoms with E-state index in [4.69, 9.17) is 21.1 Å². The third-order valence-electron chi connectivity index (χ3n) is 5.25. The molecule has 188 valence electrons. The molecular formula is C24H25ClF3N3O4. The van der Waals surface area contributed by atoms with Gasteiger partial charge in [0.1, 0.15) is 12.1 Å². The summed E-state index contributed by atoms with van der Waals surface area (Å²) in [5.74, 6) is 0.0485. The molecule has 11 heteroatoms. The number of hydrogen-bond acceptors (Lipinski definition) is 5. The van der Waals surface area contributed by atoms with Crippen molar-refractivity contribution in [1.29, 1.82) is 0 Å². The standard InChI is InChI=1S/C24H25ClF3N3O4/c1-6-34-21(32)23(4,5)35-20-14(2)9-16(10-15(20)3)12-31-22(33)30(13-29-31)17-7-8-18(19(25)11-17)24(26,27)28/h7-11,13H,6,12H2,1-5H3. The molecule has 0 saturated heterocycles. The first-order valence-corrected chi connectivity index (χ1v) is 11.1. The van der Waals surface area contributed by atoms with Gasteiger partial charge in [-0.2, -0.15) is 18.3 Å². The number of esters is 1. The van der Waals surface area contributed by atoms with E-state index in [1.54, 1.807) is 20.8 Å². The van der Waals surface area contributed by atoms with Crippen LogP contribution in [0.25, 0.3) is 5.69 Å². The van der Waals surface area contributed by atoms with Gasteiger partial charge in [-0.05, 0) is 69.5 Å². The average Bonchev–Trinajstić information content (AvgIpc) is 3.10. The van der Waals surface area contributed by atoms with Gasteiger partial charge in [0, 0.05) is 0 Å². The monoisotopic (exact) mass is 511 g/mol. The van der Waals surface area contributed by atoms with Crippen molar-refractivity contribution in [3.05, 3.63) is 74.4 Å². The van der Waals surface area contributed by atoms with E-state index in [1.165, 1.54) is 11.0 Å². The molecule has 0 amide bonds. The van der Waals surface area contributed by atoms with Gasteiger partial charge in [0.25, 0.3) is 0 Å². The van der Waals surface area contributed by atoms with E-state index in [0.717, 1.165) is 39.5 Å². The molecule has 1 aromatic heterocycles. The Labute approximate surface area is 205 Å². The highest BCUT2D eigenvalue weighted by molar-refractivity contribution is 6.31. The lowest BCUT2D eigenvalue weighted by Crippen LogP contribution is -2.40. The molecule has 0 radical (unpaired) electrons. The van der Waals surface area contributed by atoms with Gasteiger partial charge in [-0.15, -0.1) is 0 Å². The number of carbonyl (C=O) groups excluding carboxylic acids is 1. The first-order valence-electron chi connectivity index (χ1n) is 10.7. The smallest absolute Gasteiger partial charge is 0.417 e. The van der Waals surface area contributed by atoms with Crippen molar-refractivity contribution in [2.75, 3.05) is 6.61 Å². The topological polar surface area (TPSA) is 75.3 Å². The Morgan fingerprint density at radius 2 is 1.74 bits per heavy atom. The molecule has 0 spiro atoms. The lowest BCUT2D eigenvalue weighted by molar-refractivity contribution is -0.158. The highest BCUT2D eigenvalue weighted by atomic mass is 35.5. The summed E-state index contributed by atoms with van der Waals surface area (Å²) in [5.41, 5.74) is -0.303. The normalized spacial score (nSPS) is 12.0. The fourth-order valence-corrected chi connectivity index (χ4v) is 3.86. The molecule has 0 bridgehead atoms. The maximum absolute atomic E-state index is 13.0. The van der Waals surface area contributed by atoms with Crippen LogP contribution in [0.3, 0.4) is 0 Å². The third kappa shape index (κ3) is 5.70. The summed E-state index contributed by atoms with van der Waals surface area (Å²) in [6.45, 7) is 8.95. The van der Waals surface area contributed by atoms with Crippen LogP contribution >= 0.6 is 11.6 Å². The Kier molecular flexibility index (Phi) is 7.35. The molecule has 0 aliphatic carbocycles. The minimum atomic E-state index is -4.60. The quantitative estimate of drug-likeness (QED) is 0.413. The van der Waals surface area contributed by atoms with Gasteiger partial charge in [-0.1, -0.05) is 23.7 Å². The molecule has 0 fully saturated rings. The largest absolute Gasteiger partial charge is 0.476 e. The van der Waals surface area contributed by atoms with Gasteiger partial charge < -0.3 is 9.47 Å². The Balaban J connectivity index is 1.86. The molecule has 35 heavy (non-hydrogen) atoms. The van der Waals surface area contributed by atoms with Gasteiger partial charge in [0.2, 0.25) is 0 Å². The van der Waals surface area contributed by atoms with E-state index in [-0.39, 0.29) is 18.8 Å². The van der Waals surface area contributed by atoms with Gasteiger partial charge in [-0.3, -0.25) is 0 Å². The minimum absolute atomic E-state index is 0.115. The maximum Gasteiger partial charge on any atom is 0.417 e. The Morgan fingerprint density at radius 3 is 2.29 bits per heavy atom. The first kappa shape index (κ1) is 26.3. The van der Waals surface area contributed by atoms with E-state index in [0.29, 0.717) is 5.75 Å². The number of carbonyl (C=O) groups is 1. The SMILES string of the molecule is CCOC(=O)C(C)(C)Oc1c(C)cc(Cn2ncn(-c3ccc(C(F)(F)F)c(Cl)c3)c2=O)cc1C. The number of hydrogen-bond donors (Lipinski definition) is 0. The predicted molar refractivity (Wildman–Crippen MR) is 124 cm³/mol. The van der Waals surface area contributed by atoms with Gasteiger partial charge in [-0.25, -0.2) is 18.8 Å².